The molecule has 0 saturated carbocycles. The van der Waals surface area contributed by atoms with Gasteiger partial charge in [0.2, 0.25) is 0 Å². The van der Waals surface area contributed by atoms with Crippen molar-refractivity contribution in [3.63, 3.8) is 0 Å². The number of halogens is 1. The van der Waals surface area contributed by atoms with Crippen LogP contribution in [0.25, 0.3) is 0 Å². The van der Waals surface area contributed by atoms with Gasteiger partial charge >= 0.3 is 0 Å². The highest BCUT2D eigenvalue weighted by Crippen LogP contribution is 2.39. The maximum atomic E-state index is 4.41. The van der Waals surface area contributed by atoms with Crippen molar-refractivity contribution >= 4 is 27.8 Å². The fourth-order valence-corrected chi connectivity index (χ4v) is 1.93. The summed E-state index contributed by atoms with van der Waals surface area (Å²) in [5.74, 6) is 0. The van der Waals surface area contributed by atoms with Crippen molar-refractivity contribution in [2.24, 2.45) is 4.99 Å². The van der Waals surface area contributed by atoms with E-state index >= 15 is 0 Å². The second-order valence-electron chi connectivity index (χ2n) is 4.10. The van der Waals surface area contributed by atoms with Crippen LogP contribution in [0.5, 0.6) is 0 Å². The first-order chi connectivity index (χ1) is 7.00. The van der Waals surface area contributed by atoms with Crippen LogP contribution in [0.15, 0.2) is 21.6 Å². The second-order valence-corrected chi connectivity index (χ2v) is 4.95. The molecule has 82 valence electrons. The van der Waals surface area contributed by atoms with Crippen LogP contribution in [0, 0.1) is 6.92 Å². The van der Waals surface area contributed by atoms with Gasteiger partial charge in [0.1, 0.15) is 0 Å². The van der Waals surface area contributed by atoms with E-state index < -0.39 is 0 Å². The third-order valence-electron chi connectivity index (χ3n) is 2.50. The monoisotopic (exact) mass is 267 g/mol. The van der Waals surface area contributed by atoms with Crippen LogP contribution in [0.3, 0.4) is 0 Å². The van der Waals surface area contributed by atoms with Crippen LogP contribution in [0.1, 0.15) is 38.8 Å². The molecule has 1 aromatic rings. The van der Waals surface area contributed by atoms with Crippen molar-refractivity contribution in [1.29, 1.82) is 0 Å². The predicted molar refractivity (Wildman–Crippen MR) is 71.4 cm³/mol. The summed E-state index contributed by atoms with van der Waals surface area (Å²) in [5.41, 5.74) is 3.76. The van der Waals surface area contributed by atoms with Crippen LogP contribution < -0.4 is 0 Å². The molecule has 0 spiro atoms. The van der Waals surface area contributed by atoms with E-state index in [-0.39, 0.29) is 5.41 Å². The van der Waals surface area contributed by atoms with Gasteiger partial charge in [-0.2, -0.15) is 0 Å². The summed E-state index contributed by atoms with van der Waals surface area (Å²) in [6.07, 6.45) is 2.02. The zero-order valence-corrected chi connectivity index (χ0v) is 11.6. The minimum Gasteiger partial charge on any atom is -0.260 e. The smallest absolute Gasteiger partial charge is 0.0670 e. The van der Waals surface area contributed by atoms with E-state index in [4.69, 9.17) is 0 Å². The first kappa shape index (κ1) is 12.4. The Bertz CT molecular complexity index is 392. The third-order valence-corrected chi connectivity index (χ3v) is 3.35. The largest absolute Gasteiger partial charge is 0.260 e. The summed E-state index contributed by atoms with van der Waals surface area (Å²) in [7, 11) is 0. The molecular formula is C13H18BrN. The van der Waals surface area contributed by atoms with Gasteiger partial charge in [-0.25, -0.2) is 0 Å². The quantitative estimate of drug-likeness (QED) is 0.642. The van der Waals surface area contributed by atoms with E-state index in [2.05, 4.69) is 53.8 Å². The molecule has 0 bridgehead atoms. The van der Waals surface area contributed by atoms with Gasteiger partial charge in [0.25, 0.3) is 0 Å². The minimum atomic E-state index is 0.0888. The first-order valence-corrected chi connectivity index (χ1v) is 6.16. The van der Waals surface area contributed by atoms with E-state index in [1.165, 1.54) is 15.6 Å². The van der Waals surface area contributed by atoms with Gasteiger partial charge in [-0.1, -0.05) is 43.6 Å². The van der Waals surface area contributed by atoms with Crippen molar-refractivity contribution in [1.82, 2.24) is 0 Å². The molecule has 1 nitrogen and oxygen atoms in total. The standard InChI is InChI=1S/C11H12BrN.C2H6/c1-7-4-10-8(5-9(7)12)11(2,3)6-13-10;1-2/h4-6H,1-3H3;1-2H3. The van der Waals surface area contributed by atoms with Crippen molar-refractivity contribution in [2.75, 3.05) is 0 Å². The molecule has 1 aliphatic rings. The zero-order chi connectivity index (χ0) is 11.6. The summed E-state index contributed by atoms with van der Waals surface area (Å²) in [6.45, 7) is 10.5. The molecule has 0 saturated heterocycles. The van der Waals surface area contributed by atoms with Gasteiger partial charge in [-0.15, -0.1) is 0 Å². The molecule has 2 heteroatoms. The molecule has 1 aromatic carbocycles. The van der Waals surface area contributed by atoms with Gasteiger partial charge in [0.15, 0.2) is 0 Å². The van der Waals surface area contributed by atoms with E-state index in [0.29, 0.717) is 0 Å². The molecule has 0 aliphatic carbocycles. The lowest BCUT2D eigenvalue weighted by atomic mass is 9.87. The van der Waals surface area contributed by atoms with Crippen LogP contribution in [0.4, 0.5) is 5.69 Å². The van der Waals surface area contributed by atoms with Gasteiger partial charge in [-0.3, -0.25) is 4.99 Å². The average Bonchev–Trinajstić information content (AvgIpc) is 2.48. The number of hydrogen-bond acceptors (Lipinski definition) is 1. The Hall–Kier alpha value is -0.630. The highest BCUT2D eigenvalue weighted by molar-refractivity contribution is 9.10. The number of rotatable bonds is 0. The van der Waals surface area contributed by atoms with Crippen molar-refractivity contribution in [2.45, 2.75) is 40.0 Å². The van der Waals surface area contributed by atoms with Gasteiger partial charge in [-0.05, 0) is 30.2 Å². The van der Waals surface area contributed by atoms with E-state index in [1.54, 1.807) is 0 Å². The van der Waals surface area contributed by atoms with Crippen LogP contribution >= 0.6 is 15.9 Å². The topological polar surface area (TPSA) is 12.4 Å². The maximum Gasteiger partial charge on any atom is 0.0670 e. The molecule has 0 fully saturated rings. The molecule has 0 amide bonds. The van der Waals surface area contributed by atoms with Gasteiger partial charge in [0.05, 0.1) is 5.69 Å². The molecule has 1 aliphatic heterocycles. The number of hydrogen-bond donors (Lipinski definition) is 0. The Morgan fingerprint density at radius 1 is 1.20 bits per heavy atom. The Balaban J connectivity index is 0.000000531. The van der Waals surface area contributed by atoms with E-state index in [1.807, 2.05) is 20.1 Å². The molecular weight excluding hydrogens is 250 g/mol. The SMILES string of the molecule is CC.Cc1cc2c(cc1Br)C(C)(C)C=N2. The fraction of sp³-hybridized carbons (Fsp3) is 0.462. The van der Waals surface area contributed by atoms with Crippen molar-refractivity contribution in [3.8, 4) is 0 Å². The molecule has 0 aromatic heterocycles. The lowest BCUT2D eigenvalue weighted by molar-refractivity contribution is 0.752. The summed E-state index contributed by atoms with van der Waals surface area (Å²) in [6, 6.07) is 4.31. The fourth-order valence-electron chi connectivity index (χ4n) is 1.59. The number of benzene rings is 1. The number of nitrogens with zero attached hydrogens (tertiary/aromatic N) is 1. The molecule has 2 rings (SSSR count). The van der Waals surface area contributed by atoms with Gasteiger partial charge < -0.3 is 0 Å². The van der Waals surface area contributed by atoms with Crippen LogP contribution in [-0.2, 0) is 5.41 Å². The molecule has 15 heavy (non-hydrogen) atoms. The first-order valence-electron chi connectivity index (χ1n) is 5.36. The summed E-state index contributed by atoms with van der Waals surface area (Å²) >= 11 is 3.54. The van der Waals surface area contributed by atoms with E-state index in [9.17, 15) is 0 Å². The number of aliphatic imine (C=N–C) groups is 1. The second kappa shape index (κ2) is 4.48. The normalized spacial score (nSPS) is 15.6. The number of fused-ring (bicyclic) bond motifs is 1. The van der Waals surface area contributed by atoms with Crippen molar-refractivity contribution < 1.29 is 0 Å². The maximum absolute atomic E-state index is 4.41. The molecule has 0 atom stereocenters. The van der Waals surface area contributed by atoms with Gasteiger partial charge in [0, 0.05) is 16.1 Å². The third kappa shape index (κ3) is 2.31. The molecule has 0 unspecified atom stereocenters. The summed E-state index contributed by atoms with van der Waals surface area (Å²) < 4.78 is 1.17. The highest BCUT2D eigenvalue weighted by Gasteiger charge is 2.26. The lowest BCUT2D eigenvalue weighted by Gasteiger charge is -2.16. The summed E-state index contributed by atoms with van der Waals surface area (Å²) in [5, 5.41) is 0. The number of aryl methyl sites for hydroxylation is 1. The average molecular weight is 268 g/mol. The van der Waals surface area contributed by atoms with E-state index in [0.717, 1.165) is 5.69 Å². The lowest BCUT2D eigenvalue weighted by Crippen LogP contribution is -2.14. The van der Waals surface area contributed by atoms with Crippen molar-refractivity contribution in [3.05, 3.63) is 27.7 Å². The molecule has 0 radical (unpaired) electrons. The Kier molecular flexibility index (Phi) is 3.72. The Morgan fingerprint density at radius 2 is 1.80 bits per heavy atom. The molecule has 1 heterocycles. The van der Waals surface area contributed by atoms with Crippen LogP contribution in [-0.4, -0.2) is 6.21 Å². The Morgan fingerprint density at radius 3 is 2.40 bits per heavy atom. The minimum absolute atomic E-state index is 0.0888. The Labute approximate surface area is 101 Å². The predicted octanol–water partition coefficient (Wildman–Crippen LogP) is 4.78. The summed E-state index contributed by atoms with van der Waals surface area (Å²) in [4.78, 5) is 4.41. The molecule has 0 N–H and O–H groups in total. The zero-order valence-electron chi connectivity index (χ0n) is 10.1. The van der Waals surface area contributed by atoms with Crippen LogP contribution in [0.2, 0.25) is 0 Å². The highest BCUT2D eigenvalue weighted by atomic mass is 79.9.